The highest BCUT2D eigenvalue weighted by molar-refractivity contribution is 5.79. The van der Waals surface area contributed by atoms with Crippen molar-refractivity contribution in [3.05, 3.63) is 59.4 Å². The second-order valence-corrected chi connectivity index (χ2v) is 5.41. The number of benzene rings is 2. The molecule has 24 heavy (non-hydrogen) atoms. The zero-order valence-electron chi connectivity index (χ0n) is 14.1. The van der Waals surface area contributed by atoms with Crippen LogP contribution in [0.25, 0.3) is 0 Å². The molecule has 1 N–H and O–H groups in total. The number of hydrogen-bond donors (Lipinski definition) is 1. The summed E-state index contributed by atoms with van der Waals surface area (Å²) in [5, 5.41) is 2.95. The highest BCUT2D eigenvalue weighted by Crippen LogP contribution is 2.30. The van der Waals surface area contributed by atoms with Gasteiger partial charge in [-0.3, -0.25) is 4.79 Å². The lowest BCUT2D eigenvalue weighted by atomic mass is 10.0. The third kappa shape index (κ3) is 4.25. The first-order chi connectivity index (χ1) is 11.6. The van der Waals surface area contributed by atoms with E-state index in [4.69, 9.17) is 9.47 Å². The number of carbonyl (C=O) groups is 1. The Morgan fingerprint density at radius 1 is 1.12 bits per heavy atom. The molecule has 0 spiro atoms. The Balaban J connectivity index is 2.11. The molecule has 1 unspecified atom stereocenters. The molecule has 0 heterocycles. The van der Waals surface area contributed by atoms with E-state index >= 15 is 0 Å². The predicted octanol–water partition coefficient (Wildman–Crippen LogP) is 3.65. The van der Waals surface area contributed by atoms with E-state index in [9.17, 15) is 9.18 Å². The number of halogens is 1. The third-order valence-corrected chi connectivity index (χ3v) is 3.86. The van der Waals surface area contributed by atoms with Gasteiger partial charge in [0.15, 0.2) is 11.5 Å². The number of ether oxygens (including phenoxy) is 2. The summed E-state index contributed by atoms with van der Waals surface area (Å²) >= 11 is 0. The minimum absolute atomic E-state index is 0.0104. The van der Waals surface area contributed by atoms with E-state index in [1.54, 1.807) is 38.5 Å². The lowest BCUT2D eigenvalue weighted by molar-refractivity contribution is -0.121. The lowest BCUT2D eigenvalue weighted by Crippen LogP contribution is -2.29. The van der Waals surface area contributed by atoms with Crippen LogP contribution in [0.15, 0.2) is 42.5 Å². The summed E-state index contributed by atoms with van der Waals surface area (Å²) < 4.78 is 24.2. The number of hydrogen-bond acceptors (Lipinski definition) is 3. The van der Waals surface area contributed by atoms with E-state index in [2.05, 4.69) is 5.32 Å². The summed E-state index contributed by atoms with van der Waals surface area (Å²) in [4.78, 5) is 12.3. The van der Waals surface area contributed by atoms with E-state index < -0.39 is 0 Å². The molecule has 0 radical (unpaired) electrons. The van der Waals surface area contributed by atoms with Crippen molar-refractivity contribution in [1.29, 1.82) is 0 Å². The summed E-state index contributed by atoms with van der Waals surface area (Å²) in [5.41, 5.74) is 1.30. The van der Waals surface area contributed by atoms with Crippen molar-refractivity contribution in [2.75, 3.05) is 14.2 Å². The summed E-state index contributed by atoms with van der Waals surface area (Å²) in [6.07, 6.45) is 0.717. The molecule has 2 rings (SSSR count). The van der Waals surface area contributed by atoms with Crippen molar-refractivity contribution in [3.8, 4) is 11.5 Å². The van der Waals surface area contributed by atoms with Gasteiger partial charge in [0.25, 0.3) is 0 Å². The minimum atomic E-state index is -0.369. The molecule has 128 valence electrons. The van der Waals surface area contributed by atoms with Crippen LogP contribution >= 0.6 is 0 Å². The Kier molecular flexibility index (Phi) is 6.18. The van der Waals surface area contributed by atoms with Crippen molar-refractivity contribution in [3.63, 3.8) is 0 Å². The van der Waals surface area contributed by atoms with Crippen LogP contribution in [0.2, 0.25) is 0 Å². The average Bonchev–Trinajstić information content (AvgIpc) is 2.61. The van der Waals surface area contributed by atoms with Gasteiger partial charge >= 0.3 is 0 Å². The molecule has 0 aliphatic rings. The maximum atomic E-state index is 13.7. The monoisotopic (exact) mass is 331 g/mol. The summed E-state index contributed by atoms with van der Waals surface area (Å²) in [5.74, 6) is 0.652. The minimum Gasteiger partial charge on any atom is -0.493 e. The van der Waals surface area contributed by atoms with Crippen molar-refractivity contribution in [1.82, 2.24) is 5.32 Å². The largest absolute Gasteiger partial charge is 0.493 e. The SMILES string of the molecule is CCC(NC(=O)Cc1ccccc1F)c1ccc(OC)c(OC)c1. The average molecular weight is 331 g/mol. The van der Waals surface area contributed by atoms with Gasteiger partial charge in [-0.15, -0.1) is 0 Å². The third-order valence-electron chi connectivity index (χ3n) is 3.86. The smallest absolute Gasteiger partial charge is 0.225 e. The van der Waals surface area contributed by atoms with Gasteiger partial charge in [-0.2, -0.15) is 0 Å². The van der Waals surface area contributed by atoms with Crippen LogP contribution < -0.4 is 14.8 Å². The van der Waals surface area contributed by atoms with Crippen molar-refractivity contribution in [2.45, 2.75) is 25.8 Å². The van der Waals surface area contributed by atoms with Gasteiger partial charge in [-0.05, 0) is 35.7 Å². The number of amides is 1. The second kappa shape index (κ2) is 8.34. The molecule has 0 saturated heterocycles. The molecule has 0 aliphatic heterocycles. The van der Waals surface area contributed by atoms with E-state index in [1.165, 1.54) is 6.07 Å². The van der Waals surface area contributed by atoms with E-state index in [0.717, 1.165) is 5.56 Å². The van der Waals surface area contributed by atoms with Crippen LogP contribution in [0, 0.1) is 5.82 Å². The topological polar surface area (TPSA) is 47.6 Å². The quantitative estimate of drug-likeness (QED) is 0.842. The molecule has 0 aromatic heterocycles. The molecule has 1 amide bonds. The van der Waals surface area contributed by atoms with E-state index in [1.807, 2.05) is 19.1 Å². The first-order valence-electron chi connectivity index (χ1n) is 7.83. The van der Waals surface area contributed by atoms with Crippen LogP contribution in [0.4, 0.5) is 4.39 Å². The van der Waals surface area contributed by atoms with Gasteiger partial charge < -0.3 is 14.8 Å². The van der Waals surface area contributed by atoms with Gasteiger partial charge in [0, 0.05) is 0 Å². The van der Waals surface area contributed by atoms with Crippen molar-refractivity contribution < 1.29 is 18.7 Å². The Morgan fingerprint density at radius 3 is 2.46 bits per heavy atom. The normalized spacial score (nSPS) is 11.7. The summed E-state index contributed by atoms with van der Waals surface area (Å²) in [6.45, 7) is 1.98. The molecule has 2 aromatic carbocycles. The number of nitrogens with one attached hydrogen (secondary N) is 1. The number of rotatable bonds is 7. The summed E-state index contributed by atoms with van der Waals surface area (Å²) in [7, 11) is 3.14. The van der Waals surface area contributed by atoms with Crippen molar-refractivity contribution in [2.24, 2.45) is 0 Å². The molecule has 0 saturated carbocycles. The number of methoxy groups -OCH3 is 2. The van der Waals surface area contributed by atoms with Crippen LogP contribution in [-0.4, -0.2) is 20.1 Å². The highest BCUT2D eigenvalue weighted by Gasteiger charge is 2.16. The van der Waals surface area contributed by atoms with Crippen LogP contribution in [0.3, 0.4) is 0 Å². The fraction of sp³-hybridized carbons (Fsp3) is 0.316. The molecular formula is C19H22FNO3. The maximum absolute atomic E-state index is 13.7. The standard InChI is InChI=1S/C19H22FNO3/c1-4-16(14-9-10-17(23-2)18(11-14)24-3)21-19(22)12-13-7-5-6-8-15(13)20/h5-11,16H,4,12H2,1-3H3,(H,21,22). The number of carbonyl (C=O) groups excluding carboxylic acids is 1. The fourth-order valence-corrected chi connectivity index (χ4v) is 2.55. The zero-order valence-corrected chi connectivity index (χ0v) is 14.1. The van der Waals surface area contributed by atoms with Gasteiger partial charge in [0.1, 0.15) is 5.82 Å². The maximum Gasteiger partial charge on any atom is 0.225 e. The highest BCUT2D eigenvalue weighted by atomic mass is 19.1. The van der Waals surface area contributed by atoms with Gasteiger partial charge in [0.2, 0.25) is 5.91 Å². The summed E-state index contributed by atoms with van der Waals surface area (Å²) in [6, 6.07) is 11.7. The van der Waals surface area contributed by atoms with Gasteiger partial charge in [-0.25, -0.2) is 4.39 Å². The molecule has 2 aromatic rings. The zero-order chi connectivity index (χ0) is 17.5. The van der Waals surface area contributed by atoms with Gasteiger partial charge in [-0.1, -0.05) is 31.2 Å². The predicted molar refractivity (Wildman–Crippen MR) is 90.8 cm³/mol. The van der Waals surface area contributed by atoms with Crippen LogP contribution in [0.1, 0.15) is 30.5 Å². The molecule has 4 nitrogen and oxygen atoms in total. The van der Waals surface area contributed by atoms with E-state index in [0.29, 0.717) is 23.5 Å². The first kappa shape index (κ1) is 17.8. The molecule has 0 bridgehead atoms. The second-order valence-electron chi connectivity index (χ2n) is 5.41. The molecule has 1 atom stereocenters. The van der Waals surface area contributed by atoms with Crippen LogP contribution in [-0.2, 0) is 11.2 Å². The Labute approximate surface area is 141 Å². The lowest BCUT2D eigenvalue weighted by Gasteiger charge is -2.19. The Morgan fingerprint density at radius 2 is 1.83 bits per heavy atom. The first-order valence-corrected chi connectivity index (χ1v) is 7.83. The molecule has 0 aliphatic carbocycles. The van der Waals surface area contributed by atoms with Crippen LogP contribution in [0.5, 0.6) is 11.5 Å². The Bertz CT molecular complexity index is 703. The van der Waals surface area contributed by atoms with Gasteiger partial charge in [0.05, 0.1) is 26.7 Å². The molecule has 5 heteroatoms. The Hall–Kier alpha value is -2.56. The molecule has 0 fully saturated rings. The fourth-order valence-electron chi connectivity index (χ4n) is 2.55. The molecular weight excluding hydrogens is 309 g/mol. The van der Waals surface area contributed by atoms with Crippen molar-refractivity contribution >= 4 is 5.91 Å². The van der Waals surface area contributed by atoms with E-state index in [-0.39, 0.29) is 24.2 Å².